The van der Waals surface area contributed by atoms with Crippen molar-refractivity contribution in [2.45, 2.75) is 6.54 Å². The fourth-order valence-corrected chi connectivity index (χ4v) is 1.64. The van der Waals surface area contributed by atoms with Crippen LogP contribution in [0.1, 0.15) is 26.5 Å². The first kappa shape index (κ1) is 14.5. The highest BCUT2D eigenvalue weighted by Gasteiger charge is 2.14. The number of hydrogen-bond acceptors (Lipinski definition) is 4. The number of amides is 1. The summed E-state index contributed by atoms with van der Waals surface area (Å²) < 4.78 is 31.8. The van der Waals surface area contributed by atoms with Gasteiger partial charge in [0.1, 0.15) is 23.7 Å². The molecular formula is C13H10F2N2O4. The van der Waals surface area contributed by atoms with Crippen LogP contribution in [0.15, 0.2) is 28.9 Å². The van der Waals surface area contributed by atoms with Crippen LogP contribution in [-0.2, 0) is 6.54 Å². The summed E-state index contributed by atoms with van der Waals surface area (Å²) in [6.07, 6.45) is 1.04. The average Bonchev–Trinajstić information content (AvgIpc) is 2.86. The third-order valence-corrected chi connectivity index (χ3v) is 2.68. The van der Waals surface area contributed by atoms with Crippen molar-refractivity contribution < 1.29 is 27.9 Å². The molecule has 0 spiro atoms. The van der Waals surface area contributed by atoms with Crippen molar-refractivity contribution in [1.82, 2.24) is 0 Å². The molecule has 2 rings (SSSR count). The van der Waals surface area contributed by atoms with Crippen molar-refractivity contribution in [3.05, 3.63) is 53.0 Å². The van der Waals surface area contributed by atoms with E-state index in [9.17, 15) is 18.4 Å². The molecule has 1 heterocycles. The highest BCUT2D eigenvalue weighted by molar-refractivity contribution is 5.94. The Morgan fingerprint density at radius 1 is 1.24 bits per heavy atom. The summed E-state index contributed by atoms with van der Waals surface area (Å²) in [4.78, 5) is 21.7. The number of furan rings is 1. The lowest BCUT2D eigenvalue weighted by atomic mass is 10.1. The second-order valence-corrected chi connectivity index (χ2v) is 4.14. The summed E-state index contributed by atoms with van der Waals surface area (Å²) >= 11 is 0. The van der Waals surface area contributed by atoms with Gasteiger partial charge in [-0.25, -0.2) is 13.6 Å². The molecule has 0 saturated heterocycles. The zero-order chi connectivity index (χ0) is 15.6. The molecule has 0 aliphatic heterocycles. The minimum atomic E-state index is -1.16. The van der Waals surface area contributed by atoms with Crippen LogP contribution >= 0.6 is 0 Å². The number of carbonyl (C=O) groups excluding carboxylic acids is 1. The number of rotatable bonds is 5. The van der Waals surface area contributed by atoms with E-state index in [-0.39, 0.29) is 23.6 Å². The van der Waals surface area contributed by atoms with E-state index >= 15 is 0 Å². The number of nitrogens with two attached hydrogens (primary N) is 1. The second-order valence-electron chi connectivity index (χ2n) is 4.14. The Kier molecular flexibility index (Phi) is 3.88. The van der Waals surface area contributed by atoms with Gasteiger partial charge in [0.2, 0.25) is 0 Å². The molecule has 0 fully saturated rings. The van der Waals surface area contributed by atoms with Crippen LogP contribution in [0.2, 0.25) is 0 Å². The highest BCUT2D eigenvalue weighted by Crippen LogP contribution is 2.20. The van der Waals surface area contributed by atoms with Crippen LogP contribution in [0.5, 0.6) is 0 Å². The second kappa shape index (κ2) is 5.61. The van der Waals surface area contributed by atoms with E-state index < -0.39 is 29.1 Å². The van der Waals surface area contributed by atoms with E-state index in [2.05, 4.69) is 5.32 Å². The van der Waals surface area contributed by atoms with Crippen LogP contribution in [0.4, 0.5) is 14.5 Å². The van der Waals surface area contributed by atoms with Crippen molar-refractivity contribution in [2.24, 2.45) is 5.73 Å². The fraction of sp³-hybridized carbons (Fsp3) is 0.0769. The van der Waals surface area contributed by atoms with Gasteiger partial charge >= 0.3 is 5.97 Å². The molecule has 1 aromatic carbocycles. The van der Waals surface area contributed by atoms with Crippen LogP contribution in [0, 0.1) is 11.6 Å². The Balaban J connectivity index is 2.17. The standard InChI is InChI=1S/C13H10F2N2O4/c14-9-3-10(15)11(2-8(9)12(16)18)17-4-7-1-6(5-21-7)13(19)20/h1-3,5,17H,4H2,(H2,16,18)(H,19,20). The van der Waals surface area contributed by atoms with E-state index in [1.807, 2.05) is 0 Å². The Labute approximate surface area is 117 Å². The average molecular weight is 296 g/mol. The molecule has 0 radical (unpaired) electrons. The van der Waals surface area contributed by atoms with Crippen molar-refractivity contribution in [1.29, 1.82) is 0 Å². The van der Waals surface area contributed by atoms with Crippen LogP contribution in [-0.4, -0.2) is 17.0 Å². The van der Waals surface area contributed by atoms with Crippen molar-refractivity contribution in [3.63, 3.8) is 0 Å². The number of carboxylic acid groups (broad SMARTS) is 1. The molecule has 4 N–H and O–H groups in total. The lowest BCUT2D eigenvalue weighted by molar-refractivity contribution is 0.0696. The molecule has 0 saturated carbocycles. The number of benzene rings is 1. The first-order valence-corrected chi connectivity index (χ1v) is 5.72. The molecule has 0 atom stereocenters. The smallest absolute Gasteiger partial charge is 0.338 e. The van der Waals surface area contributed by atoms with Crippen molar-refractivity contribution in [3.8, 4) is 0 Å². The Morgan fingerprint density at radius 2 is 1.95 bits per heavy atom. The van der Waals surface area contributed by atoms with E-state index in [1.54, 1.807) is 0 Å². The minimum absolute atomic E-state index is 0.0476. The molecule has 0 bridgehead atoms. The number of anilines is 1. The summed E-state index contributed by atoms with van der Waals surface area (Å²) in [5.74, 6) is -3.92. The lowest BCUT2D eigenvalue weighted by Gasteiger charge is -2.08. The molecule has 0 unspecified atom stereocenters. The normalized spacial score (nSPS) is 10.4. The third-order valence-electron chi connectivity index (χ3n) is 2.68. The Bertz CT molecular complexity index is 712. The van der Waals surface area contributed by atoms with Crippen LogP contribution < -0.4 is 11.1 Å². The van der Waals surface area contributed by atoms with Crippen LogP contribution in [0.25, 0.3) is 0 Å². The maximum atomic E-state index is 13.6. The summed E-state index contributed by atoms with van der Waals surface area (Å²) in [5.41, 5.74) is 4.30. The van der Waals surface area contributed by atoms with E-state index in [0.717, 1.165) is 12.3 Å². The number of halogens is 2. The number of carbonyl (C=O) groups is 2. The zero-order valence-corrected chi connectivity index (χ0v) is 10.5. The molecule has 0 aliphatic carbocycles. The predicted molar refractivity (Wildman–Crippen MR) is 67.9 cm³/mol. The van der Waals surface area contributed by atoms with Gasteiger partial charge in [-0.15, -0.1) is 0 Å². The summed E-state index contributed by atoms with van der Waals surface area (Å²) in [7, 11) is 0. The van der Waals surface area contributed by atoms with Gasteiger partial charge in [0.05, 0.1) is 23.4 Å². The SMILES string of the molecule is NC(=O)c1cc(NCc2cc(C(=O)O)co2)c(F)cc1F. The van der Waals surface area contributed by atoms with Crippen LogP contribution in [0.3, 0.4) is 0 Å². The van der Waals surface area contributed by atoms with Gasteiger partial charge in [-0.3, -0.25) is 4.79 Å². The molecule has 110 valence electrons. The van der Waals surface area contributed by atoms with Gasteiger partial charge in [0, 0.05) is 6.07 Å². The van der Waals surface area contributed by atoms with Crippen molar-refractivity contribution in [2.75, 3.05) is 5.32 Å². The number of aromatic carboxylic acids is 1. The maximum absolute atomic E-state index is 13.6. The molecule has 6 nitrogen and oxygen atoms in total. The van der Waals surface area contributed by atoms with Gasteiger partial charge in [-0.05, 0) is 12.1 Å². The minimum Gasteiger partial charge on any atom is -0.478 e. The lowest BCUT2D eigenvalue weighted by Crippen LogP contribution is -2.14. The first-order chi connectivity index (χ1) is 9.88. The van der Waals surface area contributed by atoms with Gasteiger partial charge in [-0.1, -0.05) is 0 Å². The summed E-state index contributed by atoms with van der Waals surface area (Å²) in [6.45, 7) is -0.0476. The maximum Gasteiger partial charge on any atom is 0.338 e. The van der Waals surface area contributed by atoms with Gasteiger partial charge in [0.25, 0.3) is 5.91 Å². The highest BCUT2D eigenvalue weighted by atomic mass is 19.1. The number of hydrogen-bond donors (Lipinski definition) is 3. The molecule has 8 heteroatoms. The number of nitrogens with one attached hydrogen (secondary N) is 1. The molecule has 1 amide bonds. The third kappa shape index (κ3) is 3.16. The number of primary amides is 1. The fourth-order valence-electron chi connectivity index (χ4n) is 1.64. The predicted octanol–water partition coefficient (Wildman–Crippen LogP) is 1.97. The molecule has 2 aromatic rings. The topological polar surface area (TPSA) is 106 Å². The Morgan fingerprint density at radius 3 is 2.52 bits per heavy atom. The molecule has 21 heavy (non-hydrogen) atoms. The first-order valence-electron chi connectivity index (χ1n) is 5.72. The molecular weight excluding hydrogens is 286 g/mol. The van der Waals surface area contributed by atoms with E-state index in [1.165, 1.54) is 6.07 Å². The van der Waals surface area contributed by atoms with Gasteiger partial charge in [0.15, 0.2) is 0 Å². The Hall–Kier alpha value is -2.90. The van der Waals surface area contributed by atoms with Gasteiger partial charge in [-0.2, -0.15) is 0 Å². The summed E-state index contributed by atoms with van der Waals surface area (Å²) in [6, 6.07) is 2.73. The monoisotopic (exact) mass is 296 g/mol. The molecule has 0 aliphatic rings. The van der Waals surface area contributed by atoms with E-state index in [4.69, 9.17) is 15.3 Å². The summed E-state index contributed by atoms with van der Waals surface area (Å²) in [5, 5.41) is 11.3. The zero-order valence-electron chi connectivity index (χ0n) is 10.5. The molecule has 1 aromatic heterocycles. The van der Waals surface area contributed by atoms with Gasteiger partial charge < -0.3 is 20.6 Å². The largest absolute Gasteiger partial charge is 0.478 e. The number of carboxylic acids is 1. The quantitative estimate of drug-likeness (QED) is 0.782. The van der Waals surface area contributed by atoms with E-state index in [0.29, 0.717) is 6.07 Å². The van der Waals surface area contributed by atoms with Crippen molar-refractivity contribution >= 4 is 17.6 Å².